The second kappa shape index (κ2) is 10.1. The maximum absolute atomic E-state index is 12.9. The molecule has 7 heteroatoms. The van der Waals surface area contributed by atoms with Gasteiger partial charge in [0.15, 0.2) is 0 Å². The zero-order valence-corrected chi connectivity index (χ0v) is 19.4. The summed E-state index contributed by atoms with van der Waals surface area (Å²) in [5, 5.41) is 11.0. The molecule has 2 aromatic carbocycles. The van der Waals surface area contributed by atoms with Gasteiger partial charge in [-0.05, 0) is 47.9 Å². The van der Waals surface area contributed by atoms with Crippen molar-refractivity contribution in [3.8, 4) is 5.75 Å². The van der Waals surface area contributed by atoms with Crippen LogP contribution in [0.15, 0.2) is 58.6 Å². The fraction of sp³-hybridized carbons (Fsp3) is 0.333. The van der Waals surface area contributed by atoms with Gasteiger partial charge in [0.1, 0.15) is 11.5 Å². The van der Waals surface area contributed by atoms with Crippen LogP contribution in [0.5, 0.6) is 5.75 Å². The number of carbonyl (C=O) groups is 2. The molecule has 3 rings (SSSR count). The molecule has 0 aromatic heterocycles. The Hall–Kier alpha value is -2.64. The first kappa shape index (κ1) is 23.0. The largest absolute Gasteiger partial charge is 0.507 e. The molecule has 1 unspecified atom stereocenters. The minimum Gasteiger partial charge on any atom is -0.507 e. The van der Waals surface area contributed by atoms with Gasteiger partial charge in [0.25, 0.3) is 11.7 Å². The van der Waals surface area contributed by atoms with Crippen molar-refractivity contribution in [3.63, 3.8) is 0 Å². The van der Waals surface area contributed by atoms with E-state index in [-0.39, 0.29) is 24.5 Å². The molecule has 1 amide bonds. The van der Waals surface area contributed by atoms with Crippen LogP contribution >= 0.6 is 15.9 Å². The molecule has 0 saturated carbocycles. The predicted molar refractivity (Wildman–Crippen MR) is 122 cm³/mol. The Kier molecular flexibility index (Phi) is 7.51. The van der Waals surface area contributed by atoms with E-state index in [9.17, 15) is 14.7 Å². The highest BCUT2D eigenvalue weighted by Crippen LogP contribution is 2.39. The van der Waals surface area contributed by atoms with E-state index >= 15 is 0 Å². The van der Waals surface area contributed by atoms with Gasteiger partial charge in [0, 0.05) is 23.7 Å². The van der Waals surface area contributed by atoms with E-state index in [0.29, 0.717) is 23.8 Å². The van der Waals surface area contributed by atoms with E-state index in [1.165, 1.54) is 12.0 Å². The van der Waals surface area contributed by atoms with Gasteiger partial charge in [0.2, 0.25) is 0 Å². The van der Waals surface area contributed by atoms with E-state index in [1.807, 2.05) is 24.3 Å². The lowest BCUT2D eigenvalue weighted by Crippen LogP contribution is -2.32. The molecule has 2 aromatic rings. The predicted octanol–water partition coefficient (Wildman–Crippen LogP) is 4.55. The number of benzene rings is 2. The van der Waals surface area contributed by atoms with Crippen molar-refractivity contribution in [1.29, 1.82) is 0 Å². The third-order valence-corrected chi connectivity index (χ3v) is 5.50. The summed E-state index contributed by atoms with van der Waals surface area (Å²) in [5.74, 6) is -0.496. The highest BCUT2D eigenvalue weighted by molar-refractivity contribution is 9.10. The molecule has 6 nitrogen and oxygen atoms in total. The summed E-state index contributed by atoms with van der Waals surface area (Å²) in [7, 11) is 1.54. The number of carbonyl (C=O) groups excluding carboxylic acids is 2. The van der Waals surface area contributed by atoms with Gasteiger partial charge in [-0.2, -0.15) is 0 Å². The van der Waals surface area contributed by atoms with Crippen molar-refractivity contribution in [2.45, 2.75) is 19.9 Å². The van der Waals surface area contributed by atoms with Crippen molar-refractivity contribution in [2.24, 2.45) is 5.92 Å². The van der Waals surface area contributed by atoms with Crippen LogP contribution in [-0.2, 0) is 14.3 Å². The Bertz CT molecular complexity index is 966. The number of halogens is 1. The number of aliphatic hydroxyl groups excluding tert-OH is 1. The first-order chi connectivity index (χ1) is 14.8. The van der Waals surface area contributed by atoms with Crippen molar-refractivity contribution in [3.05, 3.63) is 69.7 Å². The zero-order chi connectivity index (χ0) is 22.5. The quantitative estimate of drug-likeness (QED) is 0.335. The third kappa shape index (κ3) is 5.17. The summed E-state index contributed by atoms with van der Waals surface area (Å²) in [6.07, 6.45) is 0. The van der Waals surface area contributed by atoms with E-state index in [2.05, 4.69) is 29.8 Å². The Balaban J connectivity index is 2.02. The number of ketones is 1. The summed E-state index contributed by atoms with van der Waals surface area (Å²) in [5.41, 5.74) is 1.25. The molecule has 1 saturated heterocycles. The molecule has 1 fully saturated rings. The number of likely N-dealkylation sites (tertiary alicyclic amines) is 1. The van der Waals surface area contributed by atoms with Crippen LogP contribution in [0.25, 0.3) is 5.76 Å². The Labute approximate surface area is 190 Å². The van der Waals surface area contributed by atoms with Gasteiger partial charge in [-0.25, -0.2) is 0 Å². The van der Waals surface area contributed by atoms with Gasteiger partial charge in [-0.15, -0.1) is 0 Å². The number of methoxy groups -OCH3 is 1. The summed E-state index contributed by atoms with van der Waals surface area (Å²) in [6.45, 7) is 5.22. The van der Waals surface area contributed by atoms with Crippen LogP contribution in [0.3, 0.4) is 0 Å². The Morgan fingerprint density at radius 3 is 2.32 bits per heavy atom. The molecule has 1 N–H and O–H groups in total. The highest BCUT2D eigenvalue weighted by atomic mass is 79.9. The molecule has 1 atom stereocenters. The van der Waals surface area contributed by atoms with E-state index in [0.717, 1.165) is 10.0 Å². The SMILES string of the molecule is COCCN1C(=O)C(=O)/C(=C(/O)c2ccc(OCC(C)C)cc2)C1c1ccc(Br)cc1. The molecule has 0 bridgehead atoms. The van der Waals surface area contributed by atoms with Crippen molar-refractivity contribution in [2.75, 3.05) is 26.9 Å². The fourth-order valence-corrected chi connectivity index (χ4v) is 3.68. The average Bonchev–Trinajstić information content (AvgIpc) is 3.01. The first-order valence-corrected chi connectivity index (χ1v) is 10.9. The molecule has 0 radical (unpaired) electrons. The lowest BCUT2D eigenvalue weighted by Gasteiger charge is -2.25. The highest BCUT2D eigenvalue weighted by Gasteiger charge is 2.45. The first-order valence-electron chi connectivity index (χ1n) is 10.1. The number of aliphatic hydroxyl groups is 1. The van der Waals surface area contributed by atoms with Crippen LogP contribution in [0, 0.1) is 5.92 Å². The van der Waals surface area contributed by atoms with Crippen LogP contribution in [0.4, 0.5) is 0 Å². The Morgan fingerprint density at radius 2 is 1.74 bits per heavy atom. The second-order valence-electron chi connectivity index (χ2n) is 7.77. The number of ether oxygens (including phenoxy) is 2. The topological polar surface area (TPSA) is 76.1 Å². The molecule has 1 aliphatic rings. The Morgan fingerprint density at radius 1 is 1.10 bits per heavy atom. The summed E-state index contributed by atoms with van der Waals surface area (Å²) >= 11 is 3.40. The van der Waals surface area contributed by atoms with Gasteiger partial charge in [0.05, 0.1) is 24.8 Å². The van der Waals surface area contributed by atoms with Crippen LogP contribution in [-0.4, -0.2) is 48.6 Å². The monoisotopic (exact) mass is 487 g/mol. The van der Waals surface area contributed by atoms with Crippen molar-refractivity contribution >= 4 is 33.4 Å². The van der Waals surface area contributed by atoms with E-state index in [4.69, 9.17) is 9.47 Å². The standard InChI is InChI=1S/C24H26BrNO5/c1-15(2)14-31-19-10-6-17(7-11-19)22(27)20-21(16-4-8-18(25)9-5-16)26(12-13-30-3)24(29)23(20)28/h4-11,15,21,27H,12-14H2,1-3H3/b22-20+. The third-order valence-electron chi connectivity index (χ3n) is 4.97. The molecular formula is C24H26BrNO5. The maximum Gasteiger partial charge on any atom is 0.295 e. The smallest absolute Gasteiger partial charge is 0.295 e. The number of hydrogen-bond acceptors (Lipinski definition) is 5. The van der Waals surface area contributed by atoms with Crippen LogP contribution in [0.1, 0.15) is 31.0 Å². The summed E-state index contributed by atoms with van der Waals surface area (Å²) in [4.78, 5) is 27.1. The number of nitrogens with zero attached hydrogens (tertiary/aromatic N) is 1. The molecule has 1 aliphatic heterocycles. The van der Waals surface area contributed by atoms with Crippen LogP contribution in [0.2, 0.25) is 0 Å². The van der Waals surface area contributed by atoms with Crippen LogP contribution < -0.4 is 4.74 Å². The molecule has 164 valence electrons. The van der Waals surface area contributed by atoms with Crippen molar-refractivity contribution in [1.82, 2.24) is 4.90 Å². The average molecular weight is 488 g/mol. The molecule has 0 aliphatic carbocycles. The van der Waals surface area contributed by atoms with Gasteiger partial charge in [-0.3, -0.25) is 9.59 Å². The number of rotatable bonds is 8. The summed E-state index contributed by atoms with van der Waals surface area (Å²) in [6, 6.07) is 13.5. The molecular weight excluding hydrogens is 462 g/mol. The zero-order valence-electron chi connectivity index (χ0n) is 17.8. The molecule has 0 spiro atoms. The fourth-order valence-electron chi connectivity index (χ4n) is 3.42. The minimum atomic E-state index is -0.707. The lowest BCUT2D eigenvalue weighted by molar-refractivity contribution is -0.140. The summed E-state index contributed by atoms with van der Waals surface area (Å²) < 4.78 is 11.7. The molecule has 1 heterocycles. The van der Waals surface area contributed by atoms with E-state index in [1.54, 1.807) is 24.3 Å². The van der Waals surface area contributed by atoms with Crippen molar-refractivity contribution < 1.29 is 24.2 Å². The maximum atomic E-state index is 12.9. The number of Topliss-reactive ketones (excluding diaryl/α,β-unsaturated/α-hetero) is 1. The second-order valence-corrected chi connectivity index (χ2v) is 8.68. The number of hydrogen-bond donors (Lipinski definition) is 1. The van der Waals surface area contributed by atoms with E-state index < -0.39 is 17.7 Å². The van der Waals surface area contributed by atoms with Gasteiger partial charge < -0.3 is 19.5 Å². The molecule has 31 heavy (non-hydrogen) atoms. The normalized spacial score (nSPS) is 18.1. The number of amides is 1. The van der Waals surface area contributed by atoms with Gasteiger partial charge >= 0.3 is 0 Å². The van der Waals surface area contributed by atoms with Gasteiger partial charge in [-0.1, -0.05) is 41.9 Å². The lowest BCUT2D eigenvalue weighted by atomic mass is 9.95. The minimum absolute atomic E-state index is 0.0688.